The minimum atomic E-state index is -3.65. The van der Waals surface area contributed by atoms with Gasteiger partial charge in [0.1, 0.15) is 5.88 Å². The highest BCUT2D eigenvalue weighted by Crippen LogP contribution is 2.30. The molecule has 0 heterocycles. The van der Waals surface area contributed by atoms with Crippen LogP contribution >= 0.6 is 11.6 Å². The van der Waals surface area contributed by atoms with E-state index in [0.29, 0.717) is 0 Å². The second-order valence-corrected chi connectivity index (χ2v) is 5.63. The Morgan fingerprint density at radius 2 is 1.93 bits per heavy atom. The van der Waals surface area contributed by atoms with Crippen LogP contribution in [0.15, 0.2) is 0 Å². The van der Waals surface area contributed by atoms with Gasteiger partial charge in [0.05, 0.1) is 0 Å². The molecule has 0 N–H and O–H groups in total. The van der Waals surface area contributed by atoms with Crippen LogP contribution in [0.1, 0.15) is 12.8 Å². The Bertz CT molecular complexity index is 324. The highest BCUT2D eigenvalue weighted by Gasteiger charge is 2.41. The van der Waals surface area contributed by atoms with E-state index < -0.39 is 16.1 Å². The zero-order valence-electron chi connectivity index (χ0n) is 8.10. The molecule has 1 saturated carbocycles. The molecule has 0 bridgehead atoms. The van der Waals surface area contributed by atoms with Crippen molar-refractivity contribution in [2.24, 2.45) is 0 Å². The summed E-state index contributed by atoms with van der Waals surface area (Å²) >= 11 is 5.36. The van der Waals surface area contributed by atoms with Crippen molar-refractivity contribution in [2.45, 2.75) is 18.9 Å². The first-order chi connectivity index (χ1) is 6.41. The third-order valence-electron chi connectivity index (χ3n) is 1.95. The van der Waals surface area contributed by atoms with E-state index in [4.69, 9.17) is 11.6 Å². The maximum absolute atomic E-state index is 11.7. The van der Waals surface area contributed by atoms with Crippen LogP contribution in [-0.4, -0.2) is 49.0 Å². The van der Waals surface area contributed by atoms with Crippen molar-refractivity contribution >= 4 is 27.7 Å². The van der Waals surface area contributed by atoms with Gasteiger partial charge in [-0.15, -0.1) is 11.6 Å². The molecule has 5 nitrogen and oxygen atoms in total. The number of rotatable bonds is 4. The van der Waals surface area contributed by atoms with Crippen molar-refractivity contribution in [2.75, 3.05) is 20.0 Å². The first-order valence-electron chi connectivity index (χ1n) is 4.22. The fourth-order valence-corrected chi connectivity index (χ4v) is 2.53. The molecule has 1 amide bonds. The van der Waals surface area contributed by atoms with Crippen molar-refractivity contribution in [3.05, 3.63) is 0 Å². The number of carbonyl (C=O) groups is 1. The zero-order valence-corrected chi connectivity index (χ0v) is 9.68. The number of halogens is 1. The quantitative estimate of drug-likeness (QED) is 0.651. The third-order valence-corrected chi connectivity index (χ3v) is 4.10. The standard InChI is InChI=1S/C7H13ClN2O3S/c1-9(2)14(12,13)10(6-3-4-6)7(11)5-8/h6H,3-5H2,1-2H3. The van der Waals surface area contributed by atoms with Crippen LogP contribution < -0.4 is 0 Å². The Morgan fingerprint density at radius 3 is 2.21 bits per heavy atom. The van der Waals surface area contributed by atoms with E-state index in [-0.39, 0.29) is 11.9 Å². The first-order valence-corrected chi connectivity index (χ1v) is 6.15. The van der Waals surface area contributed by atoms with Crippen LogP contribution in [0.5, 0.6) is 0 Å². The summed E-state index contributed by atoms with van der Waals surface area (Å²) in [5.41, 5.74) is 0. The topological polar surface area (TPSA) is 57.7 Å². The molecule has 1 fully saturated rings. The summed E-state index contributed by atoms with van der Waals surface area (Å²) in [6.07, 6.45) is 1.46. The molecule has 0 unspecified atom stereocenters. The molecular formula is C7H13ClN2O3S. The molecule has 82 valence electrons. The Kier molecular flexibility index (Phi) is 3.39. The molecule has 0 aromatic heterocycles. The highest BCUT2D eigenvalue weighted by molar-refractivity contribution is 7.87. The van der Waals surface area contributed by atoms with Crippen molar-refractivity contribution in [1.29, 1.82) is 0 Å². The fourth-order valence-electron chi connectivity index (χ4n) is 1.06. The predicted octanol–water partition coefficient (Wildman–Crippen LogP) is 0.0226. The van der Waals surface area contributed by atoms with Gasteiger partial charge in [-0.25, -0.2) is 4.31 Å². The number of hydrogen-bond donors (Lipinski definition) is 0. The van der Waals surface area contributed by atoms with Crippen LogP contribution in [-0.2, 0) is 15.0 Å². The molecule has 14 heavy (non-hydrogen) atoms. The second kappa shape index (κ2) is 4.04. The van der Waals surface area contributed by atoms with Gasteiger partial charge in [-0.1, -0.05) is 0 Å². The summed E-state index contributed by atoms with van der Waals surface area (Å²) in [4.78, 5) is 11.3. The van der Waals surface area contributed by atoms with Crippen molar-refractivity contribution in [1.82, 2.24) is 8.61 Å². The number of hydrogen-bond acceptors (Lipinski definition) is 3. The number of alkyl halides is 1. The Hall–Kier alpha value is -0.330. The van der Waals surface area contributed by atoms with Crippen LogP contribution in [0.2, 0.25) is 0 Å². The van der Waals surface area contributed by atoms with E-state index in [0.717, 1.165) is 21.5 Å². The zero-order chi connectivity index (χ0) is 10.9. The normalized spacial score (nSPS) is 17.1. The van der Waals surface area contributed by atoms with Gasteiger partial charge >= 0.3 is 10.2 Å². The maximum Gasteiger partial charge on any atom is 0.306 e. The molecule has 0 saturated heterocycles. The van der Waals surface area contributed by atoms with Gasteiger partial charge in [-0.05, 0) is 12.8 Å². The van der Waals surface area contributed by atoms with Crippen LogP contribution in [0, 0.1) is 0 Å². The molecule has 0 aliphatic heterocycles. The molecule has 1 aliphatic rings. The van der Waals surface area contributed by atoms with Gasteiger partial charge in [0.25, 0.3) is 5.91 Å². The van der Waals surface area contributed by atoms with Crippen LogP contribution in [0.25, 0.3) is 0 Å². The van der Waals surface area contributed by atoms with Gasteiger partial charge in [-0.3, -0.25) is 4.79 Å². The Morgan fingerprint density at radius 1 is 1.43 bits per heavy atom. The average Bonchev–Trinajstić information content (AvgIpc) is 2.87. The van der Waals surface area contributed by atoms with Crippen molar-refractivity contribution < 1.29 is 13.2 Å². The molecular weight excluding hydrogens is 228 g/mol. The lowest BCUT2D eigenvalue weighted by molar-refractivity contribution is -0.124. The fraction of sp³-hybridized carbons (Fsp3) is 0.857. The molecule has 0 radical (unpaired) electrons. The van der Waals surface area contributed by atoms with Gasteiger partial charge < -0.3 is 0 Å². The monoisotopic (exact) mass is 240 g/mol. The van der Waals surface area contributed by atoms with Crippen molar-refractivity contribution in [3.8, 4) is 0 Å². The summed E-state index contributed by atoms with van der Waals surface area (Å²) in [5.74, 6) is -0.855. The number of carbonyl (C=O) groups excluding carboxylic acids is 1. The summed E-state index contributed by atoms with van der Waals surface area (Å²) in [6.45, 7) is 0. The largest absolute Gasteiger partial charge is 0.306 e. The summed E-state index contributed by atoms with van der Waals surface area (Å²) in [7, 11) is -0.864. The summed E-state index contributed by atoms with van der Waals surface area (Å²) < 4.78 is 25.3. The SMILES string of the molecule is CN(C)S(=O)(=O)N(C(=O)CCl)C1CC1. The summed E-state index contributed by atoms with van der Waals surface area (Å²) in [6, 6.07) is -0.186. The predicted molar refractivity (Wildman–Crippen MR) is 53.2 cm³/mol. The van der Waals surface area contributed by atoms with E-state index in [1.807, 2.05) is 0 Å². The average molecular weight is 241 g/mol. The smallest absolute Gasteiger partial charge is 0.272 e. The summed E-state index contributed by atoms with van der Waals surface area (Å²) in [5, 5.41) is 0. The van der Waals surface area contributed by atoms with Gasteiger partial charge in [-0.2, -0.15) is 12.7 Å². The van der Waals surface area contributed by atoms with E-state index in [1.165, 1.54) is 14.1 Å². The lowest BCUT2D eigenvalue weighted by atomic mass is 10.6. The Labute approximate surface area is 88.8 Å². The number of amides is 1. The van der Waals surface area contributed by atoms with Crippen molar-refractivity contribution in [3.63, 3.8) is 0 Å². The number of nitrogens with zero attached hydrogens (tertiary/aromatic N) is 2. The molecule has 1 aliphatic carbocycles. The minimum absolute atomic E-state index is 0.186. The van der Waals surface area contributed by atoms with Crippen LogP contribution in [0.3, 0.4) is 0 Å². The van der Waals surface area contributed by atoms with E-state index in [2.05, 4.69) is 0 Å². The van der Waals surface area contributed by atoms with Gasteiger partial charge in [0, 0.05) is 20.1 Å². The molecule has 7 heteroatoms. The molecule has 0 spiro atoms. The Balaban J connectivity index is 2.93. The molecule has 0 atom stereocenters. The lowest BCUT2D eigenvalue weighted by Crippen LogP contribution is -2.45. The van der Waals surface area contributed by atoms with Gasteiger partial charge in [0.15, 0.2) is 0 Å². The van der Waals surface area contributed by atoms with E-state index >= 15 is 0 Å². The molecule has 0 aromatic rings. The lowest BCUT2D eigenvalue weighted by Gasteiger charge is -2.24. The molecule has 1 rings (SSSR count). The molecule has 0 aromatic carbocycles. The minimum Gasteiger partial charge on any atom is -0.272 e. The van der Waals surface area contributed by atoms with Gasteiger partial charge in [0.2, 0.25) is 0 Å². The first kappa shape index (κ1) is 11.7. The second-order valence-electron chi connectivity index (χ2n) is 3.34. The highest BCUT2D eigenvalue weighted by atomic mass is 35.5. The van der Waals surface area contributed by atoms with E-state index in [9.17, 15) is 13.2 Å². The van der Waals surface area contributed by atoms with Crippen LogP contribution in [0.4, 0.5) is 0 Å². The maximum atomic E-state index is 11.7. The van der Waals surface area contributed by atoms with E-state index in [1.54, 1.807) is 0 Å². The third kappa shape index (κ3) is 2.18.